The van der Waals surface area contributed by atoms with Gasteiger partial charge in [0.1, 0.15) is 11.7 Å². The zero-order valence-corrected chi connectivity index (χ0v) is 22.8. The van der Waals surface area contributed by atoms with Gasteiger partial charge in [-0.05, 0) is 35.6 Å². The molecule has 2 aromatic rings. The van der Waals surface area contributed by atoms with E-state index < -0.39 is 17.5 Å². The molecule has 0 heterocycles. The van der Waals surface area contributed by atoms with Crippen LogP contribution in [0.15, 0.2) is 59.1 Å². The average Bonchev–Trinajstić information content (AvgIpc) is 2.84. The number of unbranched alkanes of at least 4 members (excludes halogenated alkanes) is 6. The van der Waals surface area contributed by atoms with Gasteiger partial charge in [0.2, 0.25) is 0 Å². The molecule has 0 aliphatic rings. The molecule has 0 saturated heterocycles. The van der Waals surface area contributed by atoms with E-state index in [9.17, 15) is 14.7 Å². The van der Waals surface area contributed by atoms with Crippen molar-refractivity contribution < 1.29 is 19.4 Å². The van der Waals surface area contributed by atoms with Gasteiger partial charge >= 0.3 is 5.97 Å². The van der Waals surface area contributed by atoms with Crippen LogP contribution in [0.2, 0.25) is 0 Å². The number of aliphatic carboxylic acids is 1. The molecule has 0 aliphatic carbocycles. The summed E-state index contributed by atoms with van der Waals surface area (Å²) < 4.78 is 7.19. The van der Waals surface area contributed by atoms with E-state index in [1.165, 1.54) is 32.1 Å². The lowest BCUT2D eigenvalue weighted by Crippen LogP contribution is -2.48. The Kier molecular flexibility index (Phi) is 13.3. The normalized spacial score (nSPS) is 13.9. The summed E-state index contributed by atoms with van der Waals surface area (Å²) in [5.74, 6) is -0.246. The predicted molar refractivity (Wildman–Crippen MR) is 146 cm³/mol. The number of halogens is 1. The van der Waals surface area contributed by atoms with Gasteiger partial charge in [-0.2, -0.15) is 0 Å². The summed E-state index contributed by atoms with van der Waals surface area (Å²) >= 11 is 3.43. The van der Waals surface area contributed by atoms with Gasteiger partial charge in [0.05, 0.1) is 12.7 Å². The van der Waals surface area contributed by atoms with Crippen LogP contribution in [0, 0.1) is 5.92 Å². The third kappa shape index (κ3) is 9.53. The summed E-state index contributed by atoms with van der Waals surface area (Å²) in [7, 11) is 0. The standard InChI is InChI=1S/C30H41BrO4/c1-24(2)13-9-6-4-3-5-7-12-16-28(35-23-25-14-10-8-11-15-25)30(21-22-32,29(33)34)26-17-19-27(31)20-18-26/h8,10-11,14-15,17-20,22,24,28H,3-7,9,12-13,16,21,23H2,1-2H3,(H,33,34)/t28-,30?/m1/s1. The molecule has 2 aromatic carbocycles. The molecule has 0 bridgehead atoms. The average molecular weight is 546 g/mol. The highest BCUT2D eigenvalue weighted by Gasteiger charge is 2.48. The van der Waals surface area contributed by atoms with Crippen molar-refractivity contribution in [2.45, 2.75) is 96.2 Å². The first-order chi connectivity index (χ1) is 16.9. The Bertz CT molecular complexity index is 866. The summed E-state index contributed by atoms with van der Waals surface area (Å²) in [5.41, 5.74) is 0.164. The molecule has 4 nitrogen and oxygen atoms in total. The second-order valence-electron chi connectivity index (χ2n) is 9.89. The number of aldehydes is 1. The maximum atomic E-state index is 12.8. The minimum absolute atomic E-state index is 0.126. The van der Waals surface area contributed by atoms with Crippen LogP contribution in [0.3, 0.4) is 0 Å². The Hall–Kier alpha value is -1.98. The number of rotatable bonds is 18. The van der Waals surface area contributed by atoms with Crippen LogP contribution in [-0.4, -0.2) is 23.5 Å². The fourth-order valence-corrected chi connectivity index (χ4v) is 4.94. The molecule has 0 aliphatic heterocycles. The van der Waals surface area contributed by atoms with Crippen molar-refractivity contribution in [3.63, 3.8) is 0 Å². The van der Waals surface area contributed by atoms with Crippen LogP contribution >= 0.6 is 15.9 Å². The molecule has 1 N–H and O–H groups in total. The molecular weight excluding hydrogens is 504 g/mol. The van der Waals surface area contributed by atoms with Crippen molar-refractivity contribution in [3.05, 3.63) is 70.2 Å². The Morgan fingerprint density at radius 3 is 2.03 bits per heavy atom. The second-order valence-corrected chi connectivity index (χ2v) is 10.8. The van der Waals surface area contributed by atoms with Crippen molar-refractivity contribution in [2.75, 3.05) is 0 Å². The molecule has 35 heavy (non-hydrogen) atoms. The maximum Gasteiger partial charge on any atom is 0.317 e. The Morgan fingerprint density at radius 1 is 0.914 bits per heavy atom. The van der Waals surface area contributed by atoms with E-state index in [-0.39, 0.29) is 6.42 Å². The largest absolute Gasteiger partial charge is 0.480 e. The zero-order valence-electron chi connectivity index (χ0n) is 21.3. The minimum Gasteiger partial charge on any atom is -0.480 e. The van der Waals surface area contributed by atoms with E-state index in [1.807, 2.05) is 42.5 Å². The molecule has 5 heteroatoms. The lowest BCUT2D eigenvalue weighted by Gasteiger charge is -2.36. The molecule has 1 unspecified atom stereocenters. The Labute approximate surface area is 219 Å². The molecule has 2 atom stereocenters. The second kappa shape index (κ2) is 15.9. The highest BCUT2D eigenvalue weighted by molar-refractivity contribution is 9.10. The van der Waals surface area contributed by atoms with Gasteiger partial charge in [-0.25, -0.2) is 0 Å². The molecule has 2 rings (SSSR count). The van der Waals surface area contributed by atoms with Gasteiger partial charge in [0.15, 0.2) is 0 Å². The van der Waals surface area contributed by atoms with Gasteiger partial charge < -0.3 is 14.6 Å². The summed E-state index contributed by atoms with van der Waals surface area (Å²) in [6, 6.07) is 17.0. The van der Waals surface area contributed by atoms with Crippen LogP contribution in [0.5, 0.6) is 0 Å². The van der Waals surface area contributed by atoms with E-state index in [0.29, 0.717) is 24.9 Å². The number of benzene rings is 2. The molecule has 0 amide bonds. The smallest absolute Gasteiger partial charge is 0.317 e. The fourth-order valence-electron chi connectivity index (χ4n) is 4.67. The third-order valence-corrected chi connectivity index (χ3v) is 7.27. The van der Waals surface area contributed by atoms with Crippen molar-refractivity contribution >= 4 is 28.2 Å². The van der Waals surface area contributed by atoms with E-state index >= 15 is 0 Å². The molecule has 0 radical (unpaired) electrons. The lowest BCUT2D eigenvalue weighted by molar-refractivity contribution is -0.154. The SMILES string of the molecule is CC(C)CCCCCCCCC[C@@H](OCc1ccccc1)C(CC=O)(C(=O)O)c1ccc(Br)cc1. The van der Waals surface area contributed by atoms with Crippen LogP contribution in [0.25, 0.3) is 0 Å². The molecule has 0 spiro atoms. The summed E-state index contributed by atoms with van der Waals surface area (Å²) in [6.07, 6.45) is 9.95. The van der Waals surface area contributed by atoms with Crippen LogP contribution in [0.1, 0.15) is 89.2 Å². The number of carboxylic acids is 1. The van der Waals surface area contributed by atoms with E-state index in [1.54, 1.807) is 12.1 Å². The van der Waals surface area contributed by atoms with Gasteiger partial charge in [0.25, 0.3) is 0 Å². The van der Waals surface area contributed by atoms with E-state index in [2.05, 4.69) is 29.8 Å². The maximum absolute atomic E-state index is 12.8. The first-order valence-corrected chi connectivity index (χ1v) is 13.8. The number of carbonyl (C=O) groups excluding carboxylic acids is 1. The van der Waals surface area contributed by atoms with E-state index in [0.717, 1.165) is 35.2 Å². The number of ether oxygens (including phenoxy) is 1. The van der Waals surface area contributed by atoms with Crippen molar-refractivity contribution in [1.82, 2.24) is 0 Å². The fraction of sp³-hybridized carbons (Fsp3) is 0.533. The number of hydrogen-bond donors (Lipinski definition) is 1. The molecule has 0 saturated carbocycles. The molecule has 0 fully saturated rings. The van der Waals surface area contributed by atoms with Crippen LogP contribution in [0.4, 0.5) is 0 Å². The molecule has 192 valence electrons. The lowest BCUT2D eigenvalue weighted by atomic mass is 9.71. The van der Waals surface area contributed by atoms with Crippen molar-refractivity contribution in [1.29, 1.82) is 0 Å². The summed E-state index contributed by atoms with van der Waals surface area (Å²) in [6.45, 7) is 4.85. The van der Waals surface area contributed by atoms with Gasteiger partial charge in [-0.3, -0.25) is 4.79 Å². The monoisotopic (exact) mass is 544 g/mol. The van der Waals surface area contributed by atoms with Crippen molar-refractivity contribution in [3.8, 4) is 0 Å². The quantitative estimate of drug-likeness (QED) is 0.152. The summed E-state index contributed by atoms with van der Waals surface area (Å²) in [4.78, 5) is 24.5. The van der Waals surface area contributed by atoms with Crippen LogP contribution < -0.4 is 0 Å². The Balaban J connectivity index is 2.10. The number of carboxylic acid groups (broad SMARTS) is 1. The zero-order chi connectivity index (χ0) is 25.5. The van der Waals surface area contributed by atoms with Crippen LogP contribution in [-0.2, 0) is 26.3 Å². The molecule has 0 aromatic heterocycles. The minimum atomic E-state index is -1.42. The number of hydrogen-bond acceptors (Lipinski definition) is 3. The number of carbonyl (C=O) groups is 2. The Morgan fingerprint density at radius 2 is 1.49 bits per heavy atom. The van der Waals surface area contributed by atoms with E-state index in [4.69, 9.17) is 4.74 Å². The van der Waals surface area contributed by atoms with Gasteiger partial charge in [-0.15, -0.1) is 0 Å². The first kappa shape index (κ1) is 29.3. The van der Waals surface area contributed by atoms with Gasteiger partial charge in [-0.1, -0.05) is 124 Å². The first-order valence-electron chi connectivity index (χ1n) is 13.0. The van der Waals surface area contributed by atoms with Crippen molar-refractivity contribution in [2.24, 2.45) is 5.92 Å². The third-order valence-electron chi connectivity index (χ3n) is 6.74. The molecular formula is C30H41BrO4. The summed E-state index contributed by atoms with van der Waals surface area (Å²) in [5, 5.41) is 10.5. The highest BCUT2D eigenvalue weighted by Crippen LogP contribution is 2.37. The highest BCUT2D eigenvalue weighted by atomic mass is 79.9. The topological polar surface area (TPSA) is 63.6 Å². The van der Waals surface area contributed by atoms with Gasteiger partial charge in [0, 0.05) is 10.9 Å². The predicted octanol–water partition coefficient (Wildman–Crippen LogP) is 8.11.